The molecule has 1 heterocycles. The van der Waals surface area contributed by atoms with Gasteiger partial charge in [-0.1, -0.05) is 0 Å². The molecule has 1 saturated heterocycles. The number of piperidine rings is 1. The molecular formula is C11H19NO6. The van der Waals surface area contributed by atoms with Crippen LogP contribution in [0.5, 0.6) is 0 Å². The van der Waals surface area contributed by atoms with E-state index in [-0.39, 0.29) is 0 Å². The van der Waals surface area contributed by atoms with Crippen molar-refractivity contribution in [3.63, 3.8) is 0 Å². The Balaban J connectivity index is 3.14. The molecule has 0 aromatic rings. The number of carbonyl (C=O) groups excluding carboxylic acids is 2. The molecule has 0 radical (unpaired) electrons. The molecule has 0 bridgehead atoms. The summed E-state index contributed by atoms with van der Waals surface area (Å²) in [7, 11) is 2.30. The molecule has 1 rings (SSSR count). The van der Waals surface area contributed by atoms with Crippen LogP contribution in [0.4, 0.5) is 0 Å². The number of nitrogens with one attached hydrogen (secondary N) is 1. The van der Waals surface area contributed by atoms with Crippen LogP contribution in [-0.4, -0.2) is 54.2 Å². The number of esters is 2. The first-order chi connectivity index (χ1) is 8.27. The summed E-state index contributed by atoms with van der Waals surface area (Å²) < 4.78 is 9.08. The van der Waals surface area contributed by atoms with Crippen LogP contribution in [0.2, 0.25) is 0 Å². The highest BCUT2D eigenvalue weighted by molar-refractivity contribution is 5.79. The van der Waals surface area contributed by atoms with Gasteiger partial charge in [-0.05, 0) is 13.8 Å². The average Bonchev–Trinajstić information content (AvgIpc) is 2.26. The van der Waals surface area contributed by atoms with Crippen molar-refractivity contribution in [2.24, 2.45) is 11.8 Å². The smallest absolute Gasteiger partial charge is 0.315 e. The number of aliphatic hydroxyl groups is 2. The Morgan fingerprint density at radius 1 is 1.00 bits per heavy atom. The van der Waals surface area contributed by atoms with E-state index in [1.54, 1.807) is 13.8 Å². The lowest BCUT2D eigenvalue weighted by Crippen LogP contribution is -2.68. The van der Waals surface area contributed by atoms with Crippen LogP contribution in [-0.2, 0) is 19.1 Å². The van der Waals surface area contributed by atoms with Crippen LogP contribution >= 0.6 is 0 Å². The number of carbonyl (C=O) groups is 2. The third-order valence-electron chi connectivity index (χ3n) is 3.35. The molecule has 7 nitrogen and oxygen atoms in total. The molecule has 1 aliphatic heterocycles. The molecule has 2 unspecified atom stereocenters. The summed E-state index contributed by atoms with van der Waals surface area (Å²) in [5.41, 5.74) is 0. The van der Waals surface area contributed by atoms with Gasteiger partial charge in [0.1, 0.15) is 11.8 Å². The van der Waals surface area contributed by atoms with Crippen LogP contribution in [0.15, 0.2) is 0 Å². The molecule has 3 N–H and O–H groups in total. The number of rotatable bonds is 2. The highest BCUT2D eigenvalue weighted by Crippen LogP contribution is 2.35. The van der Waals surface area contributed by atoms with E-state index in [1.165, 1.54) is 0 Å². The fraction of sp³-hybridized carbons (Fsp3) is 0.818. The monoisotopic (exact) mass is 261 g/mol. The first-order valence-corrected chi connectivity index (χ1v) is 5.63. The number of hydrogen-bond donors (Lipinski definition) is 3. The van der Waals surface area contributed by atoms with Crippen molar-refractivity contribution in [3.8, 4) is 0 Å². The molecule has 104 valence electrons. The zero-order valence-electron chi connectivity index (χ0n) is 10.8. The van der Waals surface area contributed by atoms with Crippen LogP contribution in [0.1, 0.15) is 13.8 Å². The Morgan fingerprint density at radius 3 is 1.61 bits per heavy atom. The maximum absolute atomic E-state index is 11.6. The van der Waals surface area contributed by atoms with Gasteiger partial charge in [0.05, 0.1) is 14.2 Å². The van der Waals surface area contributed by atoms with Gasteiger partial charge in [0.2, 0.25) is 0 Å². The van der Waals surface area contributed by atoms with Gasteiger partial charge in [-0.2, -0.15) is 0 Å². The number of ether oxygens (including phenoxy) is 2. The lowest BCUT2D eigenvalue weighted by Gasteiger charge is -2.46. The molecule has 0 aromatic carbocycles. The van der Waals surface area contributed by atoms with Crippen molar-refractivity contribution in [3.05, 3.63) is 0 Å². The summed E-state index contributed by atoms with van der Waals surface area (Å²) in [4.78, 5) is 23.2. The topological polar surface area (TPSA) is 105 Å². The van der Waals surface area contributed by atoms with Crippen LogP contribution in [0, 0.1) is 11.8 Å². The predicted molar refractivity (Wildman–Crippen MR) is 60.2 cm³/mol. The van der Waals surface area contributed by atoms with E-state index in [0.717, 1.165) is 14.2 Å². The highest BCUT2D eigenvalue weighted by Gasteiger charge is 2.58. The second-order valence-corrected chi connectivity index (χ2v) is 4.53. The molecule has 1 aliphatic rings. The first-order valence-electron chi connectivity index (χ1n) is 5.63. The summed E-state index contributed by atoms with van der Waals surface area (Å²) in [5, 5.41) is 23.2. The lowest BCUT2D eigenvalue weighted by molar-refractivity contribution is -0.262. The molecule has 0 aliphatic carbocycles. The summed E-state index contributed by atoms with van der Waals surface area (Å²) in [6, 6.07) is -1.08. The second kappa shape index (κ2) is 5.21. The van der Waals surface area contributed by atoms with Gasteiger partial charge in [0.15, 0.2) is 5.79 Å². The Kier molecular flexibility index (Phi) is 4.31. The van der Waals surface area contributed by atoms with E-state index in [1.807, 2.05) is 0 Å². The van der Waals surface area contributed by atoms with E-state index in [4.69, 9.17) is 0 Å². The van der Waals surface area contributed by atoms with Crippen molar-refractivity contribution in [2.45, 2.75) is 31.7 Å². The quantitative estimate of drug-likeness (QED) is 0.416. The molecule has 0 spiro atoms. The van der Waals surface area contributed by atoms with E-state index < -0.39 is 41.6 Å². The molecular weight excluding hydrogens is 242 g/mol. The molecule has 0 aromatic heterocycles. The summed E-state index contributed by atoms with van der Waals surface area (Å²) in [6.07, 6.45) is 0. The van der Waals surface area contributed by atoms with Crippen molar-refractivity contribution >= 4 is 11.9 Å². The zero-order valence-corrected chi connectivity index (χ0v) is 10.8. The summed E-state index contributed by atoms with van der Waals surface area (Å²) in [6.45, 7) is 3.24. The average molecular weight is 261 g/mol. The maximum atomic E-state index is 11.6. The minimum atomic E-state index is -2.51. The fourth-order valence-electron chi connectivity index (χ4n) is 2.55. The largest absolute Gasteiger partial charge is 0.469 e. The predicted octanol–water partition coefficient (Wildman–Crippen LogP) is -1.37. The zero-order chi connectivity index (χ0) is 14.1. The van der Waals surface area contributed by atoms with Crippen molar-refractivity contribution < 1.29 is 29.3 Å². The maximum Gasteiger partial charge on any atom is 0.315 e. The van der Waals surface area contributed by atoms with Crippen LogP contribution < -0.4 is 5.32 Å². The van der Waals surface area contributed by atoms with Crippen LogP contribution in [0.3, 0.4) is 0 Å². The SMILES string of the molecule is COC(=O)C1[C@H](C)N[C@H](C)C(C(=O)OC)C1(O)O. The normalized spacial score (nSPS) is 34.8. The van der Waals surface area contributed by atoms with E-state index >= 15 is 0 Å². The second-order valence-electron chi connectivity index (χ2n) is 4.53. The first kappa shape index (κ1) is 14.9. The Labute approximate surface area is 105 Å². The number of hydrogen-bond acceptors (Lipinski definition) is 7. The van der Waals surface area contributed by atoms with E-state index in [2.05, 4.69) is 14.8 Å². The molecule has 4 atom stereocenters. The van der Waals surface area contributed by atoms with Gasteiger partial charge in [0.25, 0.3) is 0 Å². The number of methoxy groups -OCH3 is 2. The molecule has 0 amide bonds. The Bertz CT molecular complexity index is 312. The van der Waals surface area contributed by atoms with Gasteiger partial charge in [0, 0.05) is 12.1 Å². The minimum Gasteiger partial charge on any atom is -0.469 e. The molecule has 7 heteroatoms. The molecule has 1 fully saturated rings. The Morgan fingerprint density at radius 2 is 1.33 bits per heavy atom. The van der Waals surface area contributed by atoms with Crippen molar-refractivity contribution in [1.29, 1.82) is 0 Å². The lowest BCUT2D eigenvalue weighted by atomic mass is 9.75. The Hall–Kier alpha value is -1.18. The minimum absolute atomic E-state index is 0.539. The van der Waals surface area contributed by atoms with E-state index in [0.29, 0.717) is 0 Å². The van der Waals surface area contributed by atoms with Gasteiger partial charge in [-0.25, -0.2) is 0 Å². The van der Waals surface area contributed by atoms with Crippen LogP contribution in [0.25, 0.3) is 0 Å². The van der Waals surface area contributed by atoms with E-state index in [9.17, 15) is 19.8 Å². The molecule has 18 heavy (non-hydrogen) atoms. The highest BCUT2D eigenvalue weighted by atomic mass is 16.6. The third kappa shape index (κ3) is 2.33. The van der Waals surface area contributed by atoms with Crippen molar-refractivity contribution in [2.75, 3.05) is 14.2 Å². The standard InChI is InChI=1S/C11H19NO6/c1-5-7(9(13)17-3)11(15,16)8(6(2)12-5)10(14)18-4/h5-8,12,15-16H,1-4H3/t5-,6+,7?,8?. The van der Waals surface area contributed by atoms with Gasteiger partial charge < -0.3 is 25.0 Å². The van der Waals surface area contributed by atoms with Gasteiger partial charge in [-0.3, -0.25) is 9.59 Å². The summed E-state index contributed by atoms with van der Waals surface area (Å²) >= 11 is 0. The fourth-order valence-corrected chi connectivity index (χ4v) is 2.55. The van der Waals surface area contributed by atoms with Gasteiger partial charge in [-0.15, -0.1) is 0 Å². The molecule has 0 saturated carbocycles. The third-order valence-corrected chi connectivity index (χ3v) is 3.35. The van der Waals surface area contributed by atoms with Gasteiger partial charge >= 0.3 is 11.9 Å². The summed E-state index contributed by atoms with van der Waals surface area (Å²) in [5.74, 6) is -6.61. The van der Waals surface area contributed by atoms with Crippen molar-refractivity contribution in [1.82, 2.24) is 5.32 Å².